The summed E-state index contributed by atoms with van der Waals surface area (Å²) in [4.78, 5) is 27.3. The number of ether oxygens (including phenoxy) is 3. The first-order chi connectivity index (χ1) is 18.7. The lowest BCUT2D eigenvalue weighted by atomic mass is 10.2. The van der Waals surface area contributed by atoms with E-state index in [0.717, 1.165) is 22.3 Å². The number of benzene rings is 2. The van der Waals surface area contributed by atoms with Gasteiger partial charge in [-0.25, -0.2) is 14.8 Å². The number of likely N-dealkylation sites (tertiary alicyclic amines) is 1. The van der Waals surface area contributed by atoms with Crippen LogP contribution in [0.1, 0.15) is 32.9 Å². The first-order valence-corrected chi connectivity index (χ1v) is 13.1. The van der Waals surface area contributed by atoms with Crippen LogP contribution in [0.15, 0.2) is 67.1 Å². The first kappa shape index (κ1) is 26.5. The minimum absolute atomic E-state index is 0.179. The van der Waals surface area contributed by atoms with Crippen molar-refractivity contribution in [1.82, 2.24) is 19.9 Å². The molecule has 0 spiro atoms. The van der Waals surface area contributed by atoms with Crippen LogP contribution in [0, 0.1) is 0 Å². The molecule has 0 saturated carbocycles. The maximum atomic E-state index is 12.5. The summed E-state index contributed by atoms with van der Waals surface area (Å²) < 4.78 is 17.7. The number of fused-ring (bicyclic) bond motifs is 1. The average molecular weight is 548 g/mol. The number of amides is 1. The van der Waals surface area contributed by atoms with E-state index in [-0.39, 0.29) is 12.2 Å². The van der Waals surface area contributed by atoms with Gasteiger partial charge in [0, 0.05) is 24.8 Å². The number of aromatic nitrogens is 3. The van der Waals surface area contributed by atoms with Crippen LogP contribution in [0.25, 0.3) is 10.9 Å². The van der Waals surface area contributed by atoms with Gasteiger partial charge in [0.2, 0.25) is 0 Å². The molecule has 4 aromatic rings. The summed E-state index contributed by atoms with van der Waals surface area (Å²) in [6.45, 7) is 6.90. The highest BCUT2D eigenvalue weighted by molar-refractivity contribution is 6.32. The minimum Gasteiger partial charge on any atom is -0.488 e. The Balaban J connectivity index is 1.31. The Hall–Kier alpha value is -4.11. The summed E-state index contributed by atoms with van der Waals surface area (Å²) in [6.07, 6.45) is 3.41. The number of halogens is 1. The number of rotatable bonds is 7. The van der Waals surface area contributed by atoms with Gasteiger partial charge in [-0.3, -0.25) is 4.98 Å². The summed E-state index contributed by atoms with van der Waals surface area (Å²) in [5, 5.41) is 4.53. The molecule has 0 unspecified atom stereocenters. The number of hydrogen-bond donors (Lipinski definition) is 1. The highest BCUT2D eigenvalue weighted by Gasteiger charge is 2.31. The molecular formula is C29H30ClN5O4. The molecule has 0 aliphatic carbocycles. The Morgan fingerprint density at radius 1 is 1.08 bits per heavy atom. The van der Waals surface area contributed by atoms with Crippen LogP contribution in [-0.2, 0) is 11.3 Å². The van der Waals surface area contributed by atoms with Crippen LogP contribution in [0.4, 0.5) is 16.3 Å². The van der Waals surface area contributed by atoms with Gasteiger partial charge in [0.25, 0.3) is 0 Å². The van der Waals surface area contributed by atoms with E-state index >= 15 is 0 Å². The predicted molar refractivity (Wildman–Crippen MR) is 150 cm³/mol. The van der Waals surface area contributed by atoms with E-state index in [1.54, 1.807) is 23.2 Å². The summed E-state index contributed by atoms with van der Waals surface area (Å²) >= 11 is 6.52. The first-order valence-electron chi connectivity index (χ1n) is 12.7. The molecule has 1 saturated heterocycles. The van der Waals surface area contributed by atoms with Crippen molar-refractivity contribution in [1.29, 1.82) is 0 Å². The number of carbonyl (C=O) groups is 1. The van der Waals surface area contributed by atoms with Gasteiger partial charge in [-0.1, -0.05) is 23.7 Å². The van der Waals surface area contributed by atoms with Crippen molar-refractivity contribution in [2.45, 2.75) is 45.5 Å². The number of nitrogens with zero attached hydrogens (tertiary/aromatic N) is 4. The fraction of sp³-hybridized carbons (Fsp3) is 0.310. The number of carbonyl (C=O) groups excluding carboxylic acids is 1. The summed E-state index contributed by atoms with van der Waals surface area (Å²) in [5.41, 5.74) is 1.73. The Morgan fingerprint density at radius 2 is 1.95 bits per heavy atom. The van der Waals surface area contributed by atoms with E-state index in [1.165, 1.54) is 6.33 Å². The SMILES string of the molecule is CC(C)(C)OC(=O)N1CC[C@H](Oc2cccc3ncnc(Nc4ccc(OCc5ccccn5)c(Cl)c4)c23)C1. The van der Waals surface area contributed by atoms with Crippen LogP contribution in [0.2, 0.25) is 5.02 Å². The smallest absolute Gasteiger partial charge is 0.410 e. The third-order valence-electron chi connectivity index (χ3n) is 6.01. The Labute approximate surface area is 232 Å². The van der Waals surface area contributed by atoms with Gasteiger partial charge in [-0.15, -0.1) is 0 Å². The molecule has 2 aromatic heterocycles. The van der Waals surface area contributed by atoms with Crippen molar-refractivity contribution < 1.29 is 19.0 Å². The van der Waals surface area contributed by atoms with E-state index in [4.69, 9.17) is 25.8 Å². The average Bonchev–Trinajstić information content (AvgIpc) is 3.37. The number of nitrogens with one attached hydrogen (secondary N) is 1. The van der Waals surface area contributed by atoms with Crippen molar-refractivity contribution in [3.05, 3.63) is 77.8 Å². The van der Waals surface area contributed by atoms with Gasteiger partial charge in [-0.2, -0.15) is 0 Å². The largest absolute Gasteiger partial charge is 0.488 e. The van der Waals surface area contributed by atoms with Gasteiger partial charge < -0.3 is 24.4 Å². The Morgan fingerprint density at radius 3 is 2.72 bits per heavy atom. The molecule has 2 aromatic carbocycles. The monoisotopic (exact) mass is 547 g/mol. The molecule has 1 aliphatic heterocycles. The summed E-state index contributed by atoms with van der Waals surface area (Å²) in [5.74, 6) is 1.77. The topological polar surface area (TPSA) is 98.7 Å². The van der Waals surface area contributed by atoms with Gasteiger partial charge in [0.05, 0.1) is 28.2 Å². The minimum atomic E-state index is -0.546. The maximum absolute atomic E-state index is 12.5. The Bertz CT molecular complexity index is 1460. The van der Waals surface area contributed by atoms with E-state index in [1.807, 2.05) is 63.2 Å². The van der Waals surface area contributed by atoms with Gasteiger partial charge >= 0.3 is 6.09 Å². The van der Waals surface area contributed by atoms with Crippen molar-refractivity contribution in [2.24, 2.45) is 0 Å². The van der Waals surface area contributed by atoms with E-state index < -0.39 is 5.60 Å². The second kappa shape index (κ2) is 11.3. The summed E-state index contributed by atoms with van der Waals surface area (Å²) in [7, 11) is 0. The van der Waals surface area contributed by atoms with Crippen molar-refractivity contribution in [3.8, 4) is 11.5 Å². The molecule has 1 aliphatic rings. The van der Waals surface area contributed by atoms with Gasteiger partial charge in [0.1, 0.15) is 42.0 Å². The second-order valence-electron chi connectivity index (χ2n) is 10.2. The third-order valence-corrected chi connectivity index (χ3v) is 6.31. The lowest BCUT2D eigenvalue weighted by molar-refractivity contribution is 0.0276. The van der Waals surface area contributed by atoms with Crippen molar-refractivity contribution in [3.63, 3.8) is 0 Å². The molecule has 1 fully saturated rings. The van der Waals surface area contributed by atoms with E-state index in [9.17, 15) is 4.79 Å². The maximum Gasteiger partial charge on any atom is 0.410 e. The molecule has 10 heteroatoms. The number of pyridine rings is 1. The fourth-order valence-corrected chi connectivity index (χ4v) is 4.47. The summed E-state index contributed by atoms with van der Waals surface area (Å²) in [6, 6.07) is 16.8. The van der Waals surface area contributed by atoms with E-state index in [2.05, 4.69) is 20.3 Å². The molecule has 1 atom stereocenters. The van der Waals surface area contributed by atoms with Crippen LogP contribution >= 0.6 is 11.6 Å². The zero-order chi connectivity index (χ0) is 27.4. The van der Waals surface area contributed by atoms with Crippen LogP contribution < -0.4 is 14.8 Å². The zero-order valence-electron chi connectivity index (χ0n) is 22.1. The highest BCUT2D eigenvalue weighted by atomic mass is 35.5. The molecular weight excluding hydrogens is 518 g/mol. The van der Waals surface area contributed by atoms with Crippen molar-refractivity contribution in [2.75, 3.05) is 18.4 Å². The van der Waals surface area contributed by atoms with Gasteiger partial charge in [0.15, 0.2) is 0 Å². The quantitative estimate of drug-likeness (QED) is 0.284. The molecule has 39 heavy (non-hydrogen) atoms. The lowest BCUT2D eigenvalue weighted by Gasteiger charge is -2.24. The van der Waals surface area contributed by atoms with Crippen LogP contribution in [-0.4, -0.2) is 50.7 Å². The van der Waals surface area contributed by atoms with Gasteiger partial charge in [-0.05, 0) is 63.2 Å². The highest BCUT2D eigenvalue weighted by Crippen LogP contribution is 2.35. The second-order valence-corrected chi connectivity index (χ2v) is 10.6. The molecule has 0 radical (unpaired) electrons. The number of hydrogen-bond acceptors (Lipinski definition) is 8. The molecule has 202 valence electrons. The standard InChI is InChI=1S/C29H30ClN5O4/c1-29(2,3)39-28(36)35-14-12-21(16-35)38-25-9-6-8-23-26(25)27(33-18-32-23)34-19-10-11-24(22(30)15-19)37-17-20-7-4-5-13-31-20/h4-11,13,15,18,21H,12,14,16-17H2,1-3H3,(H,32,33,34)/t21-/m0/s1. The fourth-order valence-electron chi connectivity index (χ4n) is 4.24. The third kappa shape index (κ3) is 6.67. The molecule has 1 N–H and O–H groups in total. The lowest BCUT2D eigenvalue weighted by Crippen LogP contribution is -2.36. The van der Waals surface area contributed by atoms with Crippen molar-refractivity contribution >= 4 is 40.1 Å². The number of anilines is 2. The predicted octanol–water partition coefficient (Wildman–Crippen LogP) is 6.39. The van der Waals surface area contributed by atoms with E-state index in [0.29, 0.717) is 48.5 Å². The zero-order valence-corrected chi connectivity index (χ0v) is 22.8. The molecule has 3 heterocycles. The molecule has 0 bridgehead atoms. The molecule has 5 rings (SSSR count). The Kier molecular flexibility index (Phi) is 7.70. The van der Waals surface area contributed by atoms with Crippen LogP contribution in [0.5, 0.6) is 11.5 Å². The van der Waals surface area contributed by atoms with Crippen LogP contribution in [0.3, 0.4) is 0 Å². The molecule has 9 nitrogen and oxygen atoms in total. The normalized spacial score (nSPS) is 15.3. The molecule has 1 amide bonds.